The highest BCUT2D eigenvalue weighted by molar-refractivity contribution is 6.30. The quantitative estimate of drug-likeness (QED) is 0.834. The van der Waals surface area contributed by atoms with E-state index in [0.29, 0.717) is 0 Å². The maximum atomic E-state index is 13.0. The lowest BCUT2D eigenvalue weighted by Gasteiger charge is -2.32. The molecule has 1 aliphatic heterocycles. The van der Waals surface area contributed by atoms with Crippen LogP contribution in [0.5, 0.6) is 5.75 Å². The van der Waals surface area contributed by atoms with E-state index in [-0.39, 0.29) is 15.7 Å². The Labute approximate surface area is 122 Å². The second-order valence-corrected chi connectivity index (χ2v) is 5.04. The van der Waals surface area contributed by atoms with Crippen LogP contribution in [0.25, 0.3) is 0 Å². The third-order valence-corrected chi connectivity index (χ3v) is 3.20. The Morgan fingerprint density at radius 3 is 2.62 bits per heavy atom. The lowest BCUT2D eigenvalue weighted by Crippen LogP contribution is -2.56. The van der Waals surface area contributed by atoms with Crippen molar-refractivity contribution < 1.29 is 28.2 Å². The smallest absolute Gasteiger partial charge is 0.438 e. The van der Waals surface area contributed by atoms with Gasteiger partial charge in [-0.3, -0.25) is 4.79 Å². The summed E-state index contributed by atoms with van der Waals surface area (Å²) in [7, 11) is 0. The van der Waals surface area contributed by atoms with Crippen LogP contribution in [-0.4, -0.2) is 38.7 Å². The van der Waals surface area contributed by atoms with E-state index in [2.05, 4.69) is 5.10 Å². The van der Waals surface area contributed by atoms with Gasteiger partial charge in [0.15, 0.2) is 0 Å². The second-order valence-electron chi connectivity index (χ2n) is 4.60. The van der Waals surface area contributed by atoms with E-state index in [1.807, 2.05) is 0 Å². The van der Waals surface area contributed by atoms with E-state index >= 15 is 0 Å². The summed E-state index contributed by atoms with van der Waals surface area (Å²) in [6.45, 7) is 1.26. The number of nitrogens with zero attached hydrogens (tertiary/aromatic N) is 2. The molecule has 114 valence electrons. The van der Waals surface area contributed by atoms with Crippen molar-refractivity contribution in [2.24, 2.45) is 5.10 Å². The number of hydrazone groups is 1. The van der Waals surface area contributed by atoms with E-state index in [4.69, 9.17) is 11.6 Å². The molecule has 1 amide bonds. The zero-order chi connectivity index (χ0) is 16.0. The molecule has 0 aliphatic carbocycles. The predicted octanol–water partition coefficient (Wildman–Crippen LogP) is 2.52. The summed E-state index contributed by atoms with van der Waals surface area (Å²) in [6, 6.07) is 3.29. The fourth-order valence-electron chi connectivity index (χ4n) is 1.95. The number of phenolic OH excluding ortho intramolecular Hbond substituents is 1. The Balaban J connectivity index is 2.46. The molecule has 21 heavy (non-hydrogen) atoms. The summed E-state index contributed by atoms with van der Waals surface area (Å²) in [5.41, 5.74) is -3.93. The van der Waals surface area contributed by atoms with Crippen molar-refractivity contribution in [1.82, 2.24) is 5.01 Å². The Bertz CT molecular complexity index is 633. The van der Waals surface area contributed by atoms with Crippen molar-refractivity contribution in [1.29, 1.82) is 0 Å². The number of carbonyl (C=O) groups is 1. The standard InChI is InChI=1S/C12H10ClF3N2O3/c1-6-5-11(21,12(14,15)16)18(17-6)10(20)8-3-2-7(13)4-9(8)19/h2-4,19,21H,5H2,1H3. The van der Waals surface area contributed by atoms with E-state index in [9.17, 15) is 28.2 Å². The number of aliphatic hydroxyl groups is 1. The predicted molar refractivity (Wildman–Crippen MR) is 68.0 cm³/mol. The van der Waals surface area contributed by atoms with Crippen LogP contribution in [-0.2, 0) is 0 Å². The van der Waals surface area contributed by atoms with Gasteiger partial charge in [0.1, 0.15) is 5.75 Å². The van der Waals surface area contributed by atoms with Crippen LogP contribution >= 0.6 is 11.6 Å². The first-order valence-electron chi connectivity index (χ1n) is 5.72. The van der Waals surface area contributed by atoms with Gasteiger partial charge in [-0.1, -0.05) is 11.6 Å². The van der Waals surface area contributed by atoms with Gasteiger partial charge in [-0.2, -0.15) is 23.3 Å². The zero-order valence-electron chi connectivity index (χ0n) is 10.6. The molecular weight excluding hydrogens is 313 g/mol. The number of phenols is 1. The number of alkyl halides is 3. The van der Waals surface area contributed by atoms with Crippen LogP contribution in [0, 0.1) is 0 Å². The maximum Gasteiger partial charge on any atom is 0.438 e. The molecule has 1 aromatic carbocycles. The van der Waals surface area contributed by atoms with Gasteiger partial charge in [0.25, 0.3) is 11.6 Å². The van der Waals surface area contributed by atoms with Gasteiger partial charge in [-0.25, -0.2) is 0 Å². The average molecular weight is 323 g/mol. The van der Waals surface area contributed by atoms with Crippen LogP contribution < -0.4 is 0 Å². The summed E-state index contributed by atoms with van der Waals surface area (Å²) in [5.74, 6) is -1.88. The summed E-state index contributed by atoms with van der Waals surface area (Å²) in [6.07, 6.45) is -5.94. The fourth-order valence-corrected chi connectivity index (χ4v) is 2.12. The highest BCUT2D eigenvalue weighted by atomic mass is 35.5. The Kier molecular flexibility index (Phi) is 3.63. The minimum atomic E-state index is -5.09. The van der Waals surface area contributed by atoms with E-state index in [0.717, 1.165) is 12.1 Å². The van der Waals surface area contributed by atoms with Crippen LogP contribution in [0.15, 0.2) is 23.3 Å². The summed E-state index contributed by atoms with van der Waals surface area (Å²) >= 11 is 5.59. The molecule has 1 aromatic rings. The monoisotopic (exact) mass is 322 g/mol. The Morgan fingerprint density at radius 2 is 2.10 bits per heavy atom. The first kappa shape index (κ1) is 15.6. The van der Waals surface area contributed by atoms with Gasteiger partial charge in [-0.15, -0.1) is 0 Å². The van der Waals surface area contributed by atoms with Crippen molar-refractivity contribution >= 4 is 23.2 Å². The van der Waals surface area contributed by atoms with Crippen molar-refractivity contribution in [3.63, 3.8) is 0 Å². The first-order valence-corrected chi connectivity index (χ1v) is 6.10. The van der Waals surface area contributed by atoms with Crippen LogP contribution in [0.3, 0.4) is 0 Å². The molecule has 1 unspecified atom stereocenters. The van der Waals surface area contributed by atoms with Crippen LogP contribution in [0.2, 0.25) is 5.02 Å². The van der Waals surface area contributed by atoms with E-state index < -0.39 is 35.5 Å². The molecule has 0 aromatic heterocycles. The molecule has 2 N–H and O–H groups in total. The number of amides is 1. The van der Waals surface area contributed by atoms with Gasteiger partial charge in [0.2, 0.25) is 0 Å². The molecule has 0 spiro atoms. The van der Waals surface area contributed by atoms with Gasteiger partial charge >= 0.3 is 6.18 Å². The third kappa shape index (κ3) is 2.56. The number of benzene rings is 1. The molecule has 5 nitrogen and oxygen atoms in total. The minimum absolute atomic E-state index is 0.0587. The van der Waals surface area contributed by atoms with Gasteiger partial charge in [-0.05, 0) is 25.1 Å². The highest BCUT2D eigenvalue weighted by Gasteiger charge is 2.62. The van der Waals surface area contributed by atoms with Gasteiger partial charge in [0, 0.05) is 17.2 Å². The normalized spacial score (nSPS) is 22.4. The first-order chi connectivity index (χ1) is 9.56. The third-order valence-electron chi connectivity index (χ3n) is 2.96. The lowest BCUT2D eigenvalue weighted by molar-refractivity contribution is -0.297. The number of hydrogen-bond acceptors (Lipinski definition) is 4. The largest absolute Gasteiger partial charge is 0.507 e. The summed E-state index contributed by atoms with van der Waals surface area (Å²) in [5, 5.41) is 22.9. The second kappa shape index (κ2) is 4.88. The maximum absolute atomic E-state index is 13.0. The number of aromatic hydroxyl groups is 1. The Hall–Kier alpha value is -1.80. The molecule has 1 heterocycles. The summed E-state index contributed by atoms with van der Waals surface area (Å²) in [4.78, 5) is 12.1. The topological polar surface area (TPSA) is 73.1 Å². The van der Waals surface area contributed by atoms with Crippen molar-refractivity contribution in [3.05, 3.63) is 28.8 Å². The minimum Gasteiger partial charge on any atom is -0.507 e. The fraction of sp³-hybridized carbons (Fsp3) is 0.333. The number of carbonyl (C=O) groups excluding carboxylic acids is 1. The zero-order valence-corrected chi connectivity index (χ0v) is 11.4. The SMILES string of the molecule is CC1=NN(C(=O)c2ccc(Cl)cc2O)C(O)(C(F)(F)F)C1. The van der Waals surface area contributed by atoms with Crippen molar-refractivity contribution in [3.8, 4) is 5.75 Å². The van der Waals surface area contributed by atoms with Crippen molar-refractivity contribution in [2.75, 3.05) is 0 Å². The molecule has 1 atom stereocenters. The molecular formula is C12H10ClF3N2O3. The van der Waals surface area contributed by atoms with Gasteiger partial charge in [0.05, 0.1) is 5.56 Å². The van der Waals surface area contributed by atoms with Gasteiger partial charge < -0.3 is 10.2 Å². The molecule has 9 heteroatoms. The molecule has 0 radical (unpaired) electrons. The number of hydrogen-bond donors (Lipinski definition) is 2. The number of halogens is 4. The Morgan fingerprint density at radius 1 is 1.48 bits per heavy atom. The molecule has 0 fully saturated rings. The van der Waals surface area contributed by atoms with E-state index in [1.165, 1.54) is 13.0 Å². The molecule has 2 rings (SSSR count). The highest BCUT2D eigenvalue weighted by Crippen LogP contribution is 2.41. The average Bonchev–Trinajstić information content (AvgIpc) is 2.64. The summed E-state index contributed by atoms with van der Waals surface area (Å²) < 4.78 is 39.0. The van der Waals surface area contributed by atoms with Crippen LogP contribution in [0.4, 0.5) is 13.2 Å². The molecule has 0 saturated carbocycles. The van der Waals surface area contributed by atoms with Crippen molar-refractivity contribution in [2.45, 2.75) is 25.2 Å². The molecule has 1 aliphatic rings. The van der Waals surface area contributed by atoms with Crippen LogP contribution in [0.1, 0.15) is 23.7 Å². The molecule has 0 bridgehead atoms. The lowest BCUT2D eigenvalue weighted by atomic mass is 10.1. The molecule has 0 saturated heterocycles. The van der Waals surface area contributed by atoms with E-state index in [1.54, 1.807) is 0 Å². The number of rotatable bonds is 1.